The van der Waals surface area contributed by atoms with Gasteiger partial charge in [-0.1, -0.05) is 6.92 Å². The van der Waals surface area contributed by atoms with Crippen LogP contribution in [0.25, 0.3) is 0 Å². The van der Waals surface area contributed by atoms with Gasteiger partial charge < -0.3 is 15.0 Å². The van der Waals surface area contributed by atoms with Crippen molar-refractivity contribution >= 4 is 38.2 Å². The molecule has 0 bridgehead atoms. The molecule has 184 valence electrons. The molecule has 8 nitrogen and oxygen atoms in total. The van der Waals surface area contributed by atoms with E-state index in [9.17, 15) is 18.0 Å². The largest absolute Gasteiger partial charge is 0.465 e. The van der Waals surface area contributed by atoms with Gasteiger partial charge in [0.25, 0.3) is 5.91 Å². The summed E-state index contributed by atoms with van der Waals surface area (Å²) in [6, 6.07) is 5.99. The molecule has 1 aromatic carbocycles. The lowest BCUT2D eigenvalue weighted by Gasteiger charge is -2.30. The topological polar surface area (TPSA) is 97.2 Å². The van der Waals surface area contributed by atoms with Gasteiger partial charge in [0.15, 0.2) is 0 Å². The molecule has 4 rings (SSSR count). The second-order valence-corrected chi connectivity index (χ2v) is 12.1. The molecule has 2 N–H and O–H groups in total. The molecular formula is C24H32N3O5S2+. The maximum Gasteiger partial charge on any atom is 0.341 e. The number of ether oxygens (including phenoxy) is 1. The second-order valence-electron chi connectivity index (χ2n) is 9.07. The number of nitrogens with zero attached hydrogens (tertiary/aromatic N) is 1. The summed E-state index contributed by atoms with van der Waals surface area (Å²) in [6.45, 7) is 7.97. The van der Waals surface area contributed by atoms with Crippen molar-refractivity contribution in [2.24, 2.45) is 5.92 Å². The van der Waals surface area contributed by atoms with Gasteiger partial charge in [-0.3, -0.25) is 4.79 Å². The molecule has 0 aliphatic carbocycles. The third-order valence-corrected chi connectivity index (χ3v) is 9.75. The Kier molecular flexibility index (Phi) is 7.42. The number of hydrogen-bond acceptors (Lipinski definition) is 6. The highest BCUT2D eigenvalue weighted by atomic mass is 32.2. The van der Waals surface area contributed by atoms with Crippen LogP contribution in [0.15, 0.2) is 29.2 Å². The quantitative estimate of drug-likeness (QED) is 0.586. The van der Waals surface area contributed by atoms with Crippen LogP contribution in [0.4, 0.5) is 5.00 Å². The number of fused-ring (bicyclic) bond motifs is 1. The molecule has 1 saturated heterocycles. The maximum atomic E-state index is 13.0. The lowest BCUT2D eigenvalue weighted by Crippen LogP contribution is -3.11. The predicted molar refractivity (Wildman–Crippen MR) is 131 cm³/mol. The zero-order valence-electron chi connectivity index (χ0n) is 19.8. The predicted octanol–water partition coefficient (Wildman–Crippen LogP) is 2.17. The number of piperidine rings is 1. The van der Waals surface area contributed by atoms with E-state index in [0.29, 0.717) is 35.1 Å². The van der Waals surface area contributed by atoms with Gasteiger partial charge in [0.05, 0.1) is 35.5 Å². The van der Waals surface area contributed by atoms with E-state index in [1.54, 1.807) is 0 Å². The van der Waals surface area contributed by atoms with Gasteiger partial charge in [0.2, 0.25) is 10.0 Å². The van der Waals surface area contributed by atoms with E-state index in [0.717, 1.165) is 49.3 Å². The van der Waals surface area contributed by atoms with Crippen LogP contribution in [0, 0.1) is 5.92 Å². The van der Waals surface area contributed by atoms with Crippen LogP contribution in [0.5, 0.6) is 0 Å². The summed E-state index contributed by atoms with van der Waals surface area (Å²) in [4.78, 5) is 28.2. The van der Waals surface area contributed by atoms with E-state index >= 15 is 0 Å². The van der Waals surface area contributed by atoms with Gasteiger partial charge in [-0.15, -0.1) is 11.3 Å². The number of benzene rings is 1. The number of methoxy groups -OCH3 is 1. The first-order valence-electron chi connectivity index (χ1n) is 11.7. The van der Waals surface area contributed by atoms with Crippen molar-refractivity contribution in [3.8, 4) is 0 Å². The van der Waals surface area contributed by atoms with E-state index in [-0.39, 0.29) is 10.8 Å². The number of sulfonamides is 1. The van der Waals surface area contributed by atoms with Gasteiger partial charge in [-0.05, 0) is 55.5 Å². The van der Waals surface area contributed by atoms with E-state index < -0.39 is 16.0 Å². The zero-order chi connectivity index (χ0) is 24.5. The Morgan fingerprint density at radius 2 is 2.00 bits per heavy atom. The normalized spacial score (nSPS) is 21.0. The summed E-state index contributed by atoms with van der Waals surface area (Å²) in [5.74, 6) is -0.510. The molecule has 2 atom stereocenters. The number of thiophene rings is 1. The van der Waals surface area contributed by atoms with Gasteiger partial charge in [-0.2, -0.15) is 4.31 Å². The number of rotatable bonds is 6. The zero-order valence-corrected chi connectivity index (χ0v) is 21.5. The van der Waals surface area contributed by atoms with Gasteiger partial charge >= 0.3 is 5.97 Å². The lowest BCUT2D eigenvalue weighted by molar-refractivity contribution is -0.913. The molecule has 10 heteroatoms. The molecule has 0 spiro atoms. The summed E-state index contributed by atoms with van der Waals surface area (Å²) in [5, 5.41) is 3.35. The minimum atomic E-state index is -3.59. The summed E-state index contributed by atoms with van der Waals surface area (Å²) < 4.78 is 32.5. The minimum absolute atomic E-state index is 0.183. The first-order valence-corrected chi connectivity index (χ1v) is 14.0. The fraction of sp³-hybridized carbons (Fsp3) is 0.500. The molecule has 0 radical (unpaired) electrons. The van der Waals surface area contributed by atoms with E-state index in [4.69, 9.17) is 4.74 Å². The van der Waals surface area contributed by atoms with E-state index in [2.05, 4.69) is 19.2 Å². The lowest BCUT2D eigenvalue weighted by atomic mass is 10.0. The first-order chi connectivity index (χ1) is 16.2. The van der Waals surface area contributed by atoms with Crippen LogP contribution in [0.2, 0.25) is 0 Å². The Morgan fingerprint density at radius 1 is 1.26 bits per heavy atom. The number of anilines is 1. The first kappa shape index (κ1) is 24.8. The minimum Gasteiger partial charge on any atom is -0.465 e. The highest BCUT2D eigenvalue weighted by Crippen LogP contribution is 2.35. The molecule has 1 aromatic heterocycles. The Hall–Kier alpha value is -2.27. The standard InChI is InChI=1S/C24H31N3O5S2/c1-4-26-13-11-19-20(15-26)33-23(21(19)24(29)32-3)25-22(28)17-7-9-18(10-8-17)34(30,31)27-12-5-6-16(2)14-27/h7-10,16H,4-6,11-15H2,1-3H3,(H,25,28)/p+1. The molecule has 2 aliphatic heterocycles. The number of amides is 1. The molecule has 3 heterocycles. The van der Waals surface area contributed by atoms with Crippen LogP contribution < -0.4 is 10.2 Å². The number of nitrogens with one attached hydrogen (secondary N) is 2. The van der Waals surface area contributed by atoms with Gasteiger partial charge in [0, 0.05) is 25.1 Å². The smallest absolute Gasteiger partial charge is 0.341 e. The van der Waals surface area contributed by atoms with Crippen molar-refractivity contribution in [2.75, 3.05) is 38.6 Å². The molecule has 2 aliphatic rings. The van der Waals surface area contributed by atoms with Crippen LogP contribution in [-0.4, -0.2) is 57.9 Å². The number of esters is 1. The number of hydrogen-bond donors (Lipinski definition) is 2. The number of likely N-dealkylation sites (N-methyl/N-ethyl adjacent to an activating group) is 1. The van der Waals surface area contributed by atoms with Gasteiger partial charge in [0.1, 0.15) is 11.5 Å². The number of quaternary nitrogens is 1. The third kappa shape index (κ3) is 4.91. The SMILES string of the molecule is CC[NH+]1CCc2c(sc(NC(=O)c3ccc(S(=O)(=O)N4CCCC(C)C4)cc3)c2C(=O)OC)C1. The summed E-state index contributed by atoms with van der Waals surface area (Å²) in [7, 11) is -2.25. The fourth-order valence-electron chi connectivity index (χ4n) is 4.71. The Bertz CT molecular complexity index is 1170. The van der Waals surface area contributed by atoms with Crippen LogP contribution in [0.3, 0.4) is 0 Å². The summed E-state index contributed by atoms with van der Waals surface area (Å²) >= 11 is 1.42. The van der Waals surface area contributed by atoms with Crippen LogP contribution in [0.1, 0.15) is 57.8 Å². The van der Waals surface area contributed by atoms with Crippen molar-refractivity contribution in [1.82, 2.24) is 4.31 Å². The third-order valence-electron chi connectivity index (χ3n) is 6.72. The van der Waals surface area contributed by atoms with Crippen molar-refractivity contribution in [1.29, 1.82) is 0 Å². The van der Waals surface area contributed by atoms with Crippen molar-refractivity contribution in [3.63, 3.8) is 0 Å². The monoisotopic (exact) mass is 506 g/mol. The fourth-order valence-corrected chi connectivity index (χ4v) is 7.61. The molecule has 1 amide bonds. The Balaban J connectivity index is 1.54. The summed E-state index contributed by atoms with van der Waals surface area (Å²) in [5.41, 5.74) is 1.72. The highest BCUT2D eigenvalue weighted by Gasteiger charge is 2.31. The average molecular weight is 507 g/mol. The number of carbonyl (C=O) groups excluding carboxylic acids is 2. The van der Waals surface area contributed by atoms with E-state index in [1.807, 2.05) is 0 Å². The van der Waals surface area contributed by atoms with Crippen molar-refractivity contribution in [2.45, 2.75) is 44.6 Å². The highest BCUT2D eigenvalue weighted by molar-refractivity contribution is 7.89. The molecule has 0 saturated carbocycles. The molecule has 2 aromatic rings. The molecule has 2 unspecified atom stereocenters. The Morgan fingerprint density at radius 3 is 2.65 bits per heavy atom. The molecule has 1 fully saturated rings. The average Bonchev–Trinajstić information content (AvgIpc) is 3.20. The van der Waals surface area contributed by atoms with Crippen LogP contribution in [-0.2, 0) is 27.7 Å². The van der Waals surface area contributed by atoms with Crippen LogP contribution >= 0.6 is 11.3 Å². The second kappa shape index (κ2) is 10.2. The summed E-state index contributed by atoms with van der Waals surface area (Å²) in [6.07, 6.45) is 2.64. The van der Waals surface area contributed by atoms with Gasteiger partial charge in [-0.25, -0.2) is 13.2 Å². The Labute approximate surface area is 204 Å². The van der Waals surface area contributed by atoms with Crippen molar-refractivity contribution < 1.29 is 27.6 Å². The number of carbonyl (C=O) groups is 2. The molecule has 34 heavy (non-hydrogen) atoms. The maximum absolute atomic E-state index is 13.0. The van der Waals surface area contributed by atoms with E-state index in [1.165, 1.54) is 51.9 Å². The molecular weight excluding hydrogens is 474 g/mol. The van der Waals surface area contributed by atoms with Crippen molar-refractivity contribution in [3.05, 3.63) is 45.8 Å².